The summed E-state index contributed by atoms with van der Waals surface area (Å²) >= 11 is 0. The molecule has 0 radical (unpaired) electrons. The second-order valence-corrected chi connectivity index (χ2v) is 3.41. The second kappa shape index (κ2) is 6.85. The van der Waals surface area contributed by atoms with Gasteiger partial charge in [0.1, 0.15) is 5.75 Å². The highest BCUT2D eigenvalue weighted by Gasteiger charge is 2.08. The van der Waals surface area contributed by atoms with Crippen LogP contribution in [0, 0.1) is 0 Å². The van der Waals surface area contributed by atoms with Gasteiger partial charge in [0, 0.05) is 6.61 Å². The van der Waals surface area contributed by atoms with Crippen molar-refractivity contribution in [1.82, 2.24) is 5.32 Å². The van der Waals surface area contributed by atoms with Crippen molar-refractivity contribution in [2.45, 2.75) is 19.9 Å². The smallest absolute Gasteiger partial charge is 0.410 e. The SMILES string of the molecule is CCOCC(C)NC(=O)Oc1ccccc1. The molecule has 4 nitrogen and oxygen atoms in total. The van der Waals surface area contributed by atoms with Crippen LogP contribution in [0.15, 0.2) is 30.3 Å². The zero-order valence-corrected chi connectivity index (χ0v) is 9.60. The Labute approximate surface area is 95.6 Å². The normalized spacial score (nSPS) is 11.9. The largest absolute Gasteiger partial charge is 0.412 e. The van der Waals surface area contributed by atoms with Crippen LogP contribution in [0.5, 0.6) is 5.75 Å². The maximum Gasteiger partial charge on any atom is 0.412 e. The number of rotatable bonds is 5. The van der Waals surface area contributed by atoms with Crippen LogP contribution < -0.4 is 10.1 Å². The molecule has 0 heterocycles. The number of carbonyl (C=O) groups excluding carboxylic acids is 1. The maximum atomic E-state index is 11.4. The van der Waals surface area contributed by atoms with Gasteiger partial charge in [-0.25, -0.2) is 4.79 Å². The highest BCUT2D eigenvalue weighted by molar-refractivity contribution is 5.70. The Balaban J connectivity index is 2.31. The van der Waals surface area contributed by atoms with Crippen molar-refractivity contribution >= 4 is 6.09 Å². The fourth-order valence-electron chi connectivity index (χ4n) is 1.16. The van der Waals surface area contributed by atoms with E-state index in [1.54, 1.807) is 12.1 Å². The van der Waals surface area contributed by atoms with Crippen molar-refractivity contribution in [3.05, 3.63) is 30.3 Å². The van der Waals surface area contributed by atoms with Gasteiger partial charge in [0.25, 0.3) is 0 Å². The average molecular weight is 223 g/mol. The summed E-state index contributed by atoms with van der Waals surface area (Å²) in [5, 5.41) is 2.68. The third-order valence-electron chi connectivity index (χ3n) is 1.89. The van der Waals surface area contributed by atoms with Crippen LogP contribution in [0.1, 0.15) is 13.8 Å². The van der Waals surface area contributed by atoms with Crippen LogP contribution in [-0.4, -0.2) is 25.3 Å². The molecule has 1 aromatic carbocycles. The highest BCUT2D eigenvalue weighted by atomic mass is 16.6. The summed E-state index contributed by atoms with van der Waals surface area (Å²) in [6.07, 6.45) is -0.460. The Morgan fingerprint density at radius 2 is 2.06 bits per heavy atom. The van der Waals surface area contributed by atoms with Crippen LogP contribution >= 0.6 is 0 Å². The summed E-state index contributed by atoms with van der Waals surface area (Å²) < 4.78 is 10.2. The quantitative estimate of drug-likeness (QED) is 0.832. The third kappa shape index (κ3) is 4.79. The molecule has 0 saturated heterocycles. The lowest BCUT2D eigenvalue weighted by Crippen LogP contribution is -2.37. The van der Waals surface area contributed by atoms with E-state index in [1.807, 2.05) is 32.0 Å². The van der Waals surface area contributed by atoms with Gasteiger partial charge in [-0.15, -0.1) is 0 Å². The van der Waals surface area contributed by atoms with E-state index in [0.717, 1.165) is 0 Å². The van der Waals surface area contributed by atoms with Crippen molar-refractivity contribution in [1.29, 1.82) is 0 Å². The van der Waals surface area contributed by atoms with E-state index in [1.165, 1.54) is 0 Å². The van der Waals surface area contributed by atoms with Crippen molar-refractivity contribution in [3.63, 3.8) is 0 Å². The van der Waals surface area contributed by atoms with Crippen molar-refractivity contribution in [2.75, 3.05) is 13.2 Å². The van der Waals surface area contributed by atoms with Gasteiger partial charge >= 0.3 is 6.09 Å². The first-order chi connectivity index (χ1) is 7.72. The Hall–Kier alpha value is -1.55. The summed E-state index contributed by atoms with van der Waals surface area (Å²) in [4.78, 5) is 11.4. The molecule has 1 atom stereocenters. The standard InChI is InChI=1S/C12H17NO3/c1-3-15-9-10(2)13-12(14)16-11-7-5-4-6-8-11/h4-8,10H,3,9H2,1-2H3,(H,13,14). The first-order valence-corrected chi connectivity index (χ1v) is 5.33. The van der Waals surface area contributed by atoms with E-state index in [2.05, 4.69) is 5.32 Å². The van der Waals surface area contributed by atoms with E-state index >= 15 is 0 Å². The lowest BCUT2D eigenvalue weighted by molar-refractivity contribution is 0.124. The summed E-state index contributed by atoms with van der Waals surface area (Å²) in [6.45, 7) is 4.90. The Morgan fingerprint density at radius 3 is 2.69 bits per heavy atom. The number of hydrogen-bond donors (Lipinski definition) is 1. The number of ether oxygens (including phenoxy) is 2. The maximum absolute atomic E-state index is 11.4. The third-order valence-corrected chi connectivity index (χ3v) is 1.89. The van der Waals surface area contributed by atoms with Crippen molar-refractivity contribution in [3.8, 4) is 5.75 Å². The van der Waals surface area contributed by atoms with Crippen molar-refractivity contribution in [2.24, 2.45) is 0 Å². The summed E-state index contributed by atoms with van der Waals surface area (Å²) in [5.74, 6) is 0.531. The fraction of sp³-hybridized carbons (Fsp3) is 0.417. The average Bonchev–Trinajstić information content (AvgIpc) is 2.27. The van der Waals surface area contributed by atoms with Crippen LogP contribution in [0.25, 0.3) is 0 Å². The topological polar surface area (TPSA) is 47.6 Å². The molecule has 1 amide bonds. The van der Waals surface area contributed by atoms with E-state index in [4.69, 9.17) is 9.47 Å². The van der Waals surface area contributed by atoms with Gasteiger partial charge in [-0.3, -0.25) is 0 Å². The predicted molar refractivity (Wildman–Crippen MR) is 61.6 cm³/mol. The van der Waals surface area contributed by atoms with Gasteiger partial charge in [0.15, 0.2) is 0 Å². The highest BCUT2D eigenvalue weighted by Crippen LogP contribution is 2.08. The second-order valence-electron chi connectivity index (χ2n) is 3.41. The van der Waals surface area contributed by atoms with E-state index < -0.39 is 6.09 Å². The van der Waals surface area contributed by atoms with Gasteiger partial charge in [-0.1, -0.05) is 18.2 Å². The van der Waals surface area contributed by atoms with Crippen LogP contribution in [-0.2, 0) is 4.74 Å². The van der Waals surface area contributed by atoms with Crippen molar-refractivity contribution < 1.29 is 14.3 Å². The minimum absolute atomic E-state index is 0.0591. The molecular weight excluding hydrogens is 206 g/mol. The molecule has 1 N–H and O–H groups in total. The van der Waals surface area contributed by atoms with Gasteiger partial charge in [-0.05, 0) is 26.0 Å². The molecule has 0 bridgehead atoms. The van der Waals surface area contributed by atoms with Gasteiger partial charge in [0.2, 0.25) is 0 Å². The minimum Gasteiger partial charge on any atom is -0.410 e. The Morgan fingerprint density at radius 1 is 1.38 bits per heavy atom. The Kier molecular flexibility index (Phi) is 5.36. The predicted octanol–water partition coefficient (Wildman–Crippen LogP) is 2.20. The zero-order chi connectivity index (χ0) is 11.8. The number of nitrogens with one attached hydrogen (secondary N) is 1. The Bertz CT molecular complexity index is 313. The fourth-order valence-corrected chi connectivity index (χ4v) is 1.16. The molecular formula is C12H17NO3. The van der Waals surface area contributed by atoms with Gasteiger partial charge in [0.05, 0.1) is 12.6 Å². The zero-order valence-electron chi connectivity index (χ0n) is 9.60. The lowest BCUT2D eigenvalue weighted by Gasteiger charge is -2.13. The molecule has 0 aliphatic heterocycles. The lowest BCUT2D eigenvalue weighted by atomic mass is 10.3. The molecule has 1 unspecified atom stereocenters. The molecule has 1 aromatic rings. The first kappa shape index (κ1) is 12.5. The molecule has 4 heteroatoms. The van der Waals surface area contributed by atoms with Crippen LogP contribution in [0.4, 0.5) is 4.79 Å². The molecule has 0 aliphatic carbocycles. The molecule has 0 aromatic heterocycles. The number of carbonyl (C=O) groups is 1. The molecule has 88 valence electrons. The van der Waals surface area contributed by atoms with Crippen LogP contribution in [0.3, 0.4) is 0 Å². The summed E-state index contributed by atoms with van der Waals surface area (Å²) in [5.41, 5.74) is 0. The molecule has 0 saturated carbocycles. The van der Waals surface area contributed by atoms with E-state index in [-0.39, 0.29) is 6.04 Å². The first-order valence-electron chi connectivity index (χ1n) is 5.33. The minimum atomic E-state index is -0.460. The van der Waals surface area contributed by atoms with E-state index in [9.17, 15) is 4.79 Å². The summed E-state index contributed by atoms with van der Waals surface area (Å²) in [6, 6.07) is 8.89. The molecule has 0 spiro atoms. The molecule has 0 aliphatic rings. The van der Waals surface area contributed by atoms with Crippen LogP contribution in [0.2, 0.25) is 0 Å². The molecule has 1 rings (SSSR count). The number of amides is 1. The number of benzene rings is 1. The molecule has 16 heavy (non-hydrogen) atoms. The number of hydrogen-bond acceptors (Lipinski definition) is 3. The molecule has 0 fully saturated rings. The summed E-state index contributed by atoms with van der Waals surface area (Å²) in [7, 11) is 0. The number of para-hydroxylation sites is 1. The van der Waals surface area contributed by atoms with E-state index in [0.29, 0.717) is 19.0 Å². The monoisotopic (exact) mass is 223 g/mol. The van der Waals surface area contributed by atoms with Gasteiger partial charge in [-0.2, -0.15) is 0 Å². The van der Waals surface area contributed by atoms with Gasteiger partial charge < -0.3 is 14.8 Å².